The Morgan fingerprint density at radius 2 is 1.56 bits per heavy atom. The lowest BCUT2D eigenvalue weighted by molar-refractivity contribution is 0.0646. The minimum absolute atomic E-state index is 0.181. The van der Waals surface area contributed by atoms with Crippen LogP contribution in [0, 0.1) is 7.11 Å². The maximum Gasteiger partial charge on any atom is 0.345 e. The topological polar surface area (TPSA) is 54.0 Å². The van der Waals surface area contributed by atoms with Gasteiger partial charge in [-0.15, -0.1) is 0 Å². The minimum atomic E-state index is -0.628. The number of hydrogen-bond donors (Lipinski definition) is 0. The van der Waals surface area contributed by atoms with Gasteiger partial charge in [0.05, 0.1) is 21.3 Å². The zero-order valence-corrected chi connectivity index (χ0v) is 9.40. The first-order chi connectivity index (χ1) is 7.67. The van der Waals surface area contributed by atoms with Crippen LogP contribution in [0.1, 0.15) is 10.4 Å². The van der Waals surface area contributed by atoms with E-state index in [1.54, 1.807) is 12.1 Å². The molecule has 0 atom stereocenters. The van der Waals surface area contributed by atoms with Crippen molar-refractivity contribution in [1.29, 1.82) is 0 Å². The Morgan fingerprint density at radius 3 is 1.88 bits per heavy atom. The van der Waals surface area contributed by atoms with Crippen LogP contribution in [0.4, 0.5) is 0 Å². The summed E-state index contributed by atoms with van der Waals surface area (Å²) >= 11 is 0. The van der Waals surface area contributed by atoms with E-state index >= 15 is 0 Å². The van der Waals surface area contributed by atoms with E-state index in [1.165, 1.54) is 21.3 Å². The van der Waals surface area contributed by atoms with Crippen molar-refractivity contribution >= 4 is 5.97 Å². The normalized spacial score (nSPS) is 9.50. The van der Waals surface area contributed by atoms with Gasteiger partial charge in [-0.2, -0.15) is 0 Å². The third-order valence-electron chi connectivity index (χ3n) is 2.05. The molecule has 0 fully saturated rings. The highest BCUT2D eigenvalue weighted by molar-refractivity contribution is 5.96. The molecule has 0 heterocycles. The van der Waals surface area contributed by atoms with Crippen molar-refractivity contribution in [3.05, 3.63) is 24.8 Å². The minimum Gasteiger partial charge on any atom is -0.496 e. The van der Waals surface area contributed by atoms with Gasteiger partial charge in [0.25, 0.3) is 0 Å². The number of carbonyl (C=O) groups is 1. The Kier molecular flexibility index (Phi) is 3.99. The molecule has 16 heavy (non-hydrogen) atoms. The molecule has 0 N–H and O–H groups in total. The lowest BCUT2D eigenvalue weighted by atomic mass is 10.1. The Labute approximate surface area is 93.9 Å². The second-order valence-corrected chi connectivity index (χ2v) is 2.84. The van der Waals surface area contributed by atoms with Gasteiger partial charge >= 0.3 is 5.97 Å². The Balaban J connectivity index is 3.37. The summed E-state index contributed by atoms with van der Waals surface area (Å²) in [6.07, 6.45) is 0. The average molecular weight is 225 g/mol. The van der Waals surface area contributed by atoms with Gasteiger partial charge in [0.2, 0.25) is 0 Å². The van der Waals surface area contributed by atoms with Crippen LogP contribution in [0.25, 0.3) is 0 Å². The summed E-state index contributed by atoms with van der Waals surface area (Å²) in [5.41, 5.74) is 0.181. The lowest BCUT2D eigenvalue weighted by Gasteiger charge is -2.12. The van der Waals surface area contributed by atoms with E-state index < -0.39 is 5.97 Å². The predicted molar refractivity (Wildman–Crippen MR) is 56.9 cm³/mol. The first-order valence-corrected chi connectivity index (χ1v) is 4.44. The lowest BCUT2D eigenvalue weighted by Crippen LogP contribution is -2.06. The second-order valence-electron chi connectivity index (χ2n) is 2.84. The maximum absolute atomic E-state index is 11.5. The molecule has 87 valence electrons. The van der Waals surface area contributed by atoms with E-state index in [0.29, 0.717) is 17.2 Å². The van der Waals surface area contributed by atoms with Gasteiger partial charge in [0, 0.05) is 12.1 Å². The molecule has 0 spiro atoms. The third kappa shape index (κ3) is 2.18. The average Bonchev–Trinajstić information content (AvgIpc) is 2.35. The molecular weight excluding hydrogens is 212 g/mol. The molecule has 1 rings (SSSR count). The van der Waals surface area contributed by atoms with Crippen molar-refractivity contribution in [2.45, 2.75) is 0 Å². The third-order valence-corrected chi connectivity index (χ3v) is 2.05. The number of methoxy groups -OCH3 is 3. The fourth-order valence-corrected chi connectivity index (χ4v) is 1.28. The smallest absolute Gasteiger partial charge is 0.345 e. The molecule has 5 nitrogen and oxygen atoms in total. The van der Waals surface area contributed by atoms with E-state index in [4.69, 9.17) is 14.2 Å². The van der Waals surface area contributed by atoms with Gasteiger partial charge in [-0.25, -0.2) is 4.79 Å². The zero-order chi connectivity index (χ0) is 12.1. The molecule has 0 saturated heterocycles. The molecule has 0 amide bonds. The van der Waals surface area contributed by atoms with E-state index in [9.17, 15) is 4.79 Å². The van der Waals surface area contributed by atoms with E-state index in [2.05, 4.69) is 11.8 Å². The number of carbonyl (C=O) groups excluding carboxylic acids is 1. The molecule has 0 aliphatic rings. The van der Waals surface area contributed by atoms with Crippen molar-refractivity contribution < 1.29 is 23.7 Å². The van der Waals surface area contributed by atoms with Crippen LogP contribution in [0.15, 0.2) is 12.1 Å². The summed E-state index contributed by atoms with van der Waals surface area (Å²) in [7, 11) is 7.45. The molecular formula is C11H13O5. The highest BCUT2D eigenvalue weighted by Gasteiger charge is 2.20. The predicted octanol–water partition coefficient (Wildman–Crippen LogP) is 1.66. The van der Waals surface area contributed by atoms with Crippen LogP contribution in [-0.4, -0.2) is 27.3 Å². The maximum atomic E-state index is 11.5. The summed E-state index contributed by atoms with van der Waals surface area (Å²) < 4.78 is 19.6. The molecule has 0 bridgehead atoms. The molecule has 5 heteroatoms. The van der Waals surface area contributed by atoms with Gasteiger partial charge in [0.15, 0.2) is 0 Å². The van der Waals surface area contributed by atoms with Crippen molar-refractivity contribution in [3.63, 3.8) is 0 Å². The summed E-state index contributed by atoms with van der Waals surface area (Å²) in [6.45, 7) is 0. The Hall–Kier alpha value is -1.91. The fraction of sp³-hybridized carbons (Fsp3) is 0.273. The van der Waals surface area contributed by atoms with Crippen LogP contribution < -0.4 is 14.2 Å². The molecule has 0 aromatic heterocycles. The Bertz CT molecular complexity index is 361. The van der Waals surface area contributed by atoms with Crippen LogP contribution in [-0.2, 0) is 4.74 Å². The molecule has 0 aliphatic heterocycles. The Morgan fingerprint density at radius 1 is 1.06 bits per heavy atom. The number of ether oxygens (including phenoxy) is 4. The number of hydrogen-bond acceptors (Lipinski definition) is 5. The summed E-state index contributed by atoms with van der Waals surface area (Å²) in [5.74, 6) is 0.514. The molecule has 0 unspecified atom stereocenters. The van der Waals surface area contributed by atoms with Gasteiger partial charge in [-0.05, 0) is 0 Å². The number of benzene rings is 1. The molecule has 0 aliphatic carbocycles. The van der Waals surface area contributed by atoms with Gasteiger partial charge in [-0.1, -0.05) is 0 Å². The zero-order valence-electron chi connectivity index (χ0n) is 9.40. The number of rotatable bonds is 4. The molecule has 1 radical (unpaired) electrons. The first kappa shape index (κ1) is 12.2. The molecule has 1 aromatic rings. The standard InChI is InChI=1S/C11H13O5/c1-13-7-5-8(14-2)10(11(12)16-4)9(6-7)15-3/h5-6H,4H2,1-3H3. The molecule has 0 saturated carbocycles. The number of esters is 1. The summed E-state index contributed by atoms with van der Waals surface area (Å²) in [6, 6.07) is 3.13. The quantitative estimate of drug-likeness (QED) is 0.729. The molecule has 1 aromatic carbocycles. The summed E-state index contributed by atoms with van der Waals surface area (Å²) in [5, 5.41) is 0. The van der Waals surface area contributed by atoms with Crippen molar-refractivity contribution in [3.8, 4) is 17.2 Å². The van der Waals surface area contributed by atoms with Crippen LogP contribution in [0.2, 0.25) is 0 Å². The second kappa shape index (κ2) is 5.25. The highest BCUT2D eigenvalue weighted by Crippen LogP contribution is 2.34. The highest BCUT2D eigenvalue weighted by atomic mass is 16.5. The van der Waals surface area contributed by atoms with E-state index in [0.717, 1.165) is 0 Å². The fourth-order valence-electron chi connectivity index (χ4n) is 1.28. The van der Waals surface area contributed by atoms with E-state index in [1.807, 2.05) is 0 Å². The van der Waals surface area contributed by atoms with Crippen molar-refractivity contribution in [2.75, 3.05) is 21.3 Å². The van der Waals surface area contributed by atoms with E-state index in [-0.39, 0.29) is 5.56 Å². The first-order valence-electron chi connectivity index (χ1n) is 4.44. The van der Waals surface area contributed by atoms with Gasteiger partial charge in [0.1, 0.15) is 29.9 Å². The largest absolute Gasteiger partial charge is 0.496 e. The SMILES string of the molecule is [CH2]OC(=O)c1c(OC)cc(OC)cc1OC. The van der Waals surface area contributed by atoms with Crippen LogP contribution in [0.3, 0.4) is 0 Å². The van der Waals surface area contributed by atoms with Crippen molar-refractivity contribution in [2.24, 2.45) is 0 Å². The van der Waals surface area contributed by atoms with Gasteiger partial charge < -0.3 is 18.9 Å². The van der Waals surface area contributed by atoms with Gasteiger partial charge in [-0.3, -0.25) is 0 Å². The monoisotopic (exact) mass is 225 g/mol. The van der Waals surface area contributed by atoms with Crippen LogP contribution in [0.5, 0.6) is 17.2 Å². The van der Waals surface area contributed by atoms with Crippen molar-refractivity contribution in [1.82, 2.24) is 0 Å². The van der Waals surface area contributed by atoms with Crippen LogP contribution >= 0.6 is 0 Å². The summed E-state index contributed by atoms with van der Waals surface area (Å²) in [4.78, 5) is 11.5.